The summed E-state index contributed by atoms with van der Waals surface area (Å²) in [5, 5.41) is 0. The molecule has 0 bridgehead atoms. The number of aryl methyl sites for hydroxylation is 1. The molecule has 2 heterocycles. The van der Waals surface area contributed by atoms with Crippen molar-refractivity contribution in [1.82, 2.24) is 4.98 Å². The molecule has 1 saturated heterocycles. The minimum Gasteiger partial charge on any atom is -0.355 e. The molecule has 4 heteroatoms. The Labute approximate surface area is 98.8 Å². The van der Waals surface area contributed by atoms with E-state index >= 15 is 0 Å². The van der Waals surface area contributed by atoms with E-state index in [0.29, 0.717) is 5.92 Å². The van der Waals surface area contributed by atoms with E-state index in [1.165, 1.54) is 12.0 Å². The first-order valence-electron chi connectivity index (χ1n) is 5.28. The highest BCUT2D eigenvalue weighted by atomic mass is 79.9. The van der Waals surface area contributed by atoms with E-state index in [1.54, 1.807) is 0 Å². The SMILES string of the molecule is Cc1ccnc(N2CCC(CN)C2)c1Br. The number of nitrogens with two attached hydrogens (primary N) is 1. The average Bonchev–Trinajstić information content (AvgIpc) is 2.70. The molecular weight excluding hydrogens is 254 g/mol. The van der Waals surface area contributed by atoms with Crippen molar-refractivity contribution in [2.45, 2.75) is 13.3 Å². The second-order valence-corrected chi connectivity index (χ2v) is 4.89. The van der Waals surface area contributed by atoms with Crippen LogP contribution >= 0.6 is 15.9 Å². The van der Waals surface area contributed by atoms with Gasteiger partial charge in [0.2, 0.25) is 0 Å². The van der Waals surface area contributed by atoms with Crippen molar-refractivity contribution in [1.29, 1.82) is 0 Å². The predicted molar refractivity (Wildman–Crippen MR) is 66.0 cm³/mol. The number of halogens is 1. The van der Waals surface area contributed by atoms with Crippen molar-refractivity contribution in [2.24, 2.45) is 11.7 Å². The molecule has 3 nitrogen and oxygen atoms in total. The zero-order chi connectivity index (χ0) is 10.8. The second kappa shape index (κ2) is 4.49. The van der Waals surface area contributed by atoms with Crippen LogP contribution < -0.4 is 10.6 Å². The van der Waals surface area contributed by atoms with Crippen molar-refractivity contribution in [2.75, 3.05) is 24.5 Å². The standard InChI is InChI=1S/C11H16BrN3/c1-8-2-4-14-11(10(8)12)15-5-3-9(6-13)7-15/h2,4,9H,3,5-7,13H2,1H3. The number of pyridine rings is 1. The molecule has 1 aromatic rings. The van der Waals surface area contributed by atoms with Crippen LogP contribution in [0.4, 0.5) is 5.82 Å². The van der Waals surface area contributed by atoms with Gasteiger partial charge in [-0.15, -0.1) is 0 Å². The molecule has 0 radical (unpaired) electrons. The molecule has 1 aliphatic heterocycles. The maximum atomic E-state index is 5.68. The van der Waals surface area contributed by atoms with Gasteiger partial charge in [-0.25, -0.2) is 4.98 Å². The van der Waals surface area contributed by atoms with E-state index in [2.05, 4.69) is 32.7 Å². The topological polar surface area (TPSA) is 42.2 Å². The monoisotopic (exact) mass is 269 g/mol. The molecule has 15 heavy (non-hydrogen) atoms. The van der Waals surface area contributed by atoms with E-state index in [4.69, 9.17) is 5.73 Å². The molecule has 0 aliphatic carbocycles. The Balaban J connectivity index is 2.20. The molecule has 0 aromatic carbocycles. The van der Waals surface area contributed by atoms with Crippen molar-refractivity contribution in [3.63, 3.8) is 0 Å². The maximum Gasteiger partial charge on any atom is 0.143 e. The van der Waals surface area contributed by atoms with Crippen molar-refractivity contribution in [3.05, 3.63) is 22.3 Å². The number of rotatable bonds is 2. The van der Waals surface area contributed by atoms with Gasteiger partial charge in [0.1, 0.15) is 5.82 Å². The number of nitrogens with zero attached hydrogens (tertiary/aromatic N) is 2. The second-order valence-electron chi connectivity index (χ2n) is 4.10. The summed E-state index contributed by atoms with van der Waals surface area (Å²) < 4.78 is 1.11. The predicted octanol–water partition coefficient (Wildman–Crippen LogP) is 1.94. The molecule has 82 valence electrons. The van der Waals surface area contributed by atoms with E-state index < -0.39 is 0 Å². The Morgan fingerprint density at radius 1 is 1.67 bits per heavy atom. The van der Waals surface area contributed by atoms with Crippen LogP contribution in [-0.4, -0.2) is 24.6 Å². The van der Waals surface area contributed by atoms with Gasteiger partial charge in [0, 0.05) is 19.3 Å². The lowest BCUT2D eigenvalue weighted by Crippen LogP contribution is -2.23. The Kier molecular flexibility index (Phi) is 3.26. The third kappa shape index (κ3) is 2.16. The van der Waals surface area contributed by atoms with Gasteiger partial charge < -0.3 is 10.6 Å². The quantitative estimate of drug-likeness (QED) is 0.893. The third-order valence-electron chi connectivity index (χ3n) is 2.98. The summed E-state index contributed by atoms with van der Waals surface area (Å²) >= 11 is 3.60. The Morgan fingerprint density at radius 2 is 2.47 bits per heavy atom. The number of hydrogen-bond donors (Lipinski definition) is 1. The molecule has 1 unspecified atom stereocenters. The summed E-state index contributed by atoms with van der Waals surface area (Å²) in [4.78, 5) is 6.74. The highest BCUT2D eigenvalue weighted by Crippen LogP contribution is 2.30. The van der Waals surface area contributed by atoms with Crippen molar-refractivity contribution in [3.8, 4) is 0 Å². The summed E-state index contributed by atoms with van der Waals surface area (Å²) in [5.41, 5.74) is 6.92. The molecule has 0 saturated carbocycles. The highest BCUT2D eigenvalue weighted by Gasteiger charge is 2.23. The Hall–Kier alpha value is -0.610. The van der Waals surface area contributed by atoms with Crippen LogP contribution in [0.2, 0.25) is 0 Å². The first-order chi connectivity index (χ1) is 7.22. The lowest BCUT2D eigenvalue weighted by molar-refractivity contribution is 0.602. The van der Waals surface area contributed by atoms with Gasteiger partial charge in [0.05, 0.1) is 4.47 Å². The molecule has 2 N–H and O–H groups in total. The lowest BCUT2D eigenvalue weighted by Gasteiger charge is -2.19. The van der Waals surface area contributed by atoms with Crippen molar-refractivity contribution < 1.29 is 0 Å². The van der Waals surface area contributed by atoms with E-state index in [9.17, 15) is 0 Å². The number of aromatic nitrogens is 1. The van der Waals surface area contributed by atoms with Crippen LogP contribution in [0.5, 0.6) is 0 Å². The van der Waals surface area contributed by atoms with Crippen LogP contribution in [0.3, 0.4) is 0 Å². The summed E-state index contributed by atoms with van der Waals surface area (Å²) in [6, 6.07) is 2.02. The van der Waals surface area contributed by atoms with Gasteiger partial charge in [-0.3, -0.25) is 0 Å². The van der Waals surface area contributed by atoms with E-state index in [1.807, 2.05) is 12.3 Å². The fourth-order valence-corrected chi connectivity index (χ4v) is 2.45. The normalized spacial score (nSPS) is 21.0. The van der Waals surface area contributed by atoms with Crippen molar-refractivity contribution >= 4 is 21.7 Å². The summed E-state index contributed by atoms with van der Waals surface area (Å²) in [6.07, 6.45) is 3.05. The molecule has 0 spiro atoms. The minimum absolute atomic E-state index is 0.624. The Morgan fingerprint density at radius 3 is 3.13 bits per heavy atom. The fourth-order valence-electron chi connectivity index (χ4n) is 1.96. The number of hydrogen-bond acceptors (Lipinski definition) is 3. The summed E-state index contributed by atoms with van der Waals surface area (Å²) in [6.45, 7) is 4.97. The molecule has 1 aliphatic rings. The average molecular weight is 270 g/mol. The van der Waals surface area contributed by atoms with Gasteiger partial charge in [-0.1, -0.05) is 0 Å². The van der Waals surface area contributed by atoms with Crippen LogP contribution in [0.15, 0.2) is 16.7 Å². The number of anilines is 1. The fraction of sp³-hybridized carbons (Fsp3) is 0.545. The zero-order valence-corrected chi connectivity index (χ0v) is 10.5. The van der Waals surface area contributed by atoms with Gasteiger partial charge in [0.15, 0.2) is 0 Å². The molecule has 1 fully saturated rings. The van der Waals surface area contributed by atoms with E-state index in [-0.39, 0.29) is 0 Å². The first kappa shape index (κ1) is 10.9. The van der Waals surface area contributed by atoms with Crippen LogP contribution in [0.25, 0.3) is 0 Å². The molecule has 1 aromatic heterocycles. The van der Waals surface area contributed by atoms with Gasteiger partial charge in [-0.2, -0.15) is 0 Å². The lowest BCUT2D eigenvalue weighted by atomic mass is 10.1. The first-order valence-corrected chi connectivity index (χ1v) is 6.07. The molecule has 0 amide bonds. The summed E-state index contributed by atoms with van der Waals surface area (Å²) in [7, 11) is 0. The minimum atomic E-state index is 0.624. The van der Waals surface area contributed by atoms with Crippen LogP contribution in [0.1, 0.15) is 12.0 Å². The third-order valence-corrected chi connectivity index (χ3v) is 3.96. The van der Waals surface area contributed by atoms with E-state index in [0.717, 1.165) is 29.9 Å². The molecule has 1 atom stereocenters. The molecule has 2 rings (SSSR count). The highest BCUT2D eigenvalue weighted by molar-refractivity contribution is 9.10. The van der Waals surface area contributed by atoms with Gasteiger partial charge in [-0.05, 0) is 53.4 Å². The largest absolute Gasteiger partial charge is 0.355 e. The van der Waals surface area contributed by atoms with Crippen LogP contribution in [0, 0.1) is 12.8 Å². The summed E-state index contributed by atoms with van der Waals surface area (Å²) in [5.74, 6) is 1.69. The smallest absolute Gasteiger partial charge is 0.143 e. The maximum absolute atomic E-state index is 5.68. The van der Waals surface area contributed by atoms with Gasteiger partial charge in [0.25, 0.3) is 0 Å². The van der Waals surface area contributed by atoms with Gasteiger partial charge >= 0.3 is 0 Å². The zero-order valence-electron chi connectivity index (χ0n) is 8.91. The Bertz CT molecular complexity index is 354. The molecular formula is C11H16BrN3. The van der Waals surface area contributed by atoms with Crippen LogP contribution in [-0.2, 0) is 0 Å².